The summed E-state index contributed by atoms with van der Waals surface area (Å²) in [6, 6.07) is 10.1. The molecule has 7 nitrogen and oxygen atoms in total. The van der Waals surface area contributed by atoms with E-state index in [4.69, 9.17) is 8.94 Å². The number of amides is 2. The van der Waals surface area contributed by atoms with E-state index in [0.29, 0.717) is 22.9 Å². The highest BCUT2D eigenvalue weighted by Crippen LogP contribution is 2.20. The molecule has 0 saturated heterocycles. The van der Waals surface area contributed by atoms with Crippen molar-refractivity contribution in [2.24, 2.45) is 0 Å². The van der Waals surface area contributed by atoms with Gasteiger partial charge in [-0.1, -0.05) is 5.16 Å². The van der Waals surface area contributed by atoms with Gasteiger partial charge in [-0.2, -0.15) is 0 Å². The molecule has 0 radical (unpaired) electrons. The van der Waals surface area contributed by atoms with Crippen molar-refractivity contribution in [3.63, 3.8) is 0 Å². The van der Waals surface area contributed by atoms with Gasteiger partial charge in [0.1, 0.15) is 5.76 Å². The summed E-state index contributed by atoms with van der Waals surface area (Å²) in [5.74, 6) is 1.59. The van der Waals surface area contributed by atoms with Gasteiger partial charge in [0.2, 0.25) is 5.91 Å². The summed E-state index contributed by atoms with van der Waals surface area (Å²) in [6.07, 6.45) is 1.44. The Morgan fingerprint density at radius 3 is 2.37 bits per heavy atom. The zero-order valence-electron chi connectivity index (χ0n) is 14.9. The second-order valence-corrected chi connectivity index (χ2v) is 6.84. The lowest BCUT2D eigenvalue weighted by atomic mass is 10.2. The third-order valence-corrected chi connectivity index (χ3v) is 4.79. The molecule has 0 saturated carbocycles. The number of carbonyl (C=O) groups is 2. The minimum absolute atomic E-state index is 0.0980. The van der Waals surface area contributed by atoms with Gasteiger partial charge in [0.05, 0.1) is 17.7 Å². The van der Waals surface area contributed by atoms with Gasteiger partial charge >= 0.3 is 0 Å². The molecule has 1 aromatic carbocycles. The van der Waals surface area contributed by atoms with Crippen LogP contribution < -0.4 is 10.6 Å². The first-order chi connectivity index (χ1) is 13.0. The molecule has 0 bridgehead atoms. The number of hydrogen-bond acceptors (Lipinski definition) is 6. The van der Waals surface area contributed by atoms with Gasteiger partial charge in [-0.25, -0.2) is 0 Å². The number of aromatic nitrogens is 1. The first-order valence-corrected chi connectivity index (χ1v) is 9.42. The Bertz CT molecular complexity index is 898. The van der Waals surface area contributed by atoms with Crippen molar-refractivity contribution in [2.45, 2.75) is 19.6 Å². The maximum atomic E-state index is 12.1. The predicted octanol–water partition coefficient (Wildman–Crippen LogP) is 4.01. The lowest BCUT2D eigenvalue weighted by Gasteiger charge is -2.07. The topological polar surface area (TPSA) is 97.4 Å². The predicted molar refractivity (Wildman–Crippen MR) is 104 cm³/mol. The molecule has 0 aliphatic heterocycles. The number of rotatable bonds is 7. The van der Waals surface area contributed by atoms with Crippen LogP contribution in [-0.4, -0.2) is 22.7 Å². The molecule has 140 valence electrons. The van der Waals surface area contributed by atoms with Gasteiger partial charge < -0.3 is 19.6 Å². The average Bonchev–Trinajstić information content (AvgIpc) is 3.29. The summed E-state index contributed by atoms with van der Waals surface area (Å²) in [6.45, 7) is 3.75. The molecule has 8 heteroatoms. The first kappa shape index (κ1) is 18.8. The van der Waals surface area contributed by atoms with E-state index in [0.717, 1.165) is 17.0 Å². The third kappa shape index (κ3) is 5.01. The number of furan rings is 1. The summed E-state index contributed by atoms with van der Waals surface area (Å²) in [4.78, 5) is 24.0. The normalized spacial score (nSPS) is 10.6. The minimum atomic E-state index is -0.326. The molecule has 3 aromatic rings. The number of anilines is 2. The molecule has 0 unspecified atom stereocenters. The number of hydrogen-bond donors (Lipinski definition) is 2. The van der Waals surface area contributed by atoms with Gasteiger partial charge in [-0.05, 0) is 50.2 Å². The fourth-order valence-electron chi connectivity index (χ4n) is 2.39. The zero-order chi connectivity index (χ0) is 19.2. The summed E-state index contributed by atoms with van der Waals surface area (Å²) in [7, 11) is 0. The quantitative estimate of drug-likeness (QED) is 0.638. The molecule has 2 heterocycles. The van der Waals surface area contributed by atoms with Crippen LogP contribution in [0.15, 0.2) is 51.6 Å². The standard InChI is InChI=1S/C19H19N3O4S/c1-12-16(13(2)26-22-12)10-27-11-18(23)20-14-5-7-15(8-6-14)21-19(24)17-4-3-9-25-17/h3-9H,10-11H2,1-2H3,(H,20,23)(H,21,24). The summed E-state index contributed by atoms with van der Waals surface area (Å²) in [5, 5.41) is 9.45. The fraction of sp³-hybridized carbons (Fsp3) is 0.211. The largest absolute Gasteiger partial charge is 0.459 e. The minimum Gasteiger partial charge on any atom is -0.459 e. The van der Waals surface area contributed by atoms with Crippen LogP contribution >= 0.6 is 11.8 Å². The number of benzene rings is 1. The molecule has 0 fully saturated rings. The molecule has 2 aromatic heterocycles. The van der Waals surface area contributed by atoms with Crippen molar-refractivity contribution < 1.29 is 18.5 Å². The van der Waals surface area contributed by atoms with Crippen LogP contribution in [-0.2, 0) is 10.5 Å². The van der Waals surface area contributed by atoms with Gasteiger partial charge in [0, 0.05) is 22.7 Å². The number of nitrogens with zero attached hydrogens (tertiary/aromatic N) is 1. The van der Waals surface area contributed by atoms with E-state index < -0.39 is 0 Å². The van der Waals surface area contributed by atoms with Crippen LogP contribution in [0.1, 0.15) is 27.6 Å². The van der Waals surface area contributed by atoms with Crippen molar-refractivity contribution in [3.05, 3.63) is 65.4 Å². The van der Waals surface area contributed by atoms with Gasteiger partial charge in [0.15, 0.2) is 5.76 Å². The van der Waals surface area contributed by atoms with Crippen LogP contribution in [0.3, 0.4) is 0 Å². The van der Waals surface area contributed by atoms with Crippen LogP contribution in [0.4, 0.5) is 11.4 Å². The van der Waals surface area contributed by atoms with E-state index in [1.807, 2.05) is 13.8 Å². The van der Waals surface area contributed by atoms with Crippen molar-refractivity contribution in [2.75, 3.05) is 16.4 Å². The van der Waals surface area contributed by atoms with E-state index in [2.05, 4.69) is 15.8 Å². The van der Waals surface area contributed by atoms with Crippen molar-refractivity contribution in [1.29, 1.82) is 0 Å². The monoisotopic (exact) mass is 385 g/mol. The summed E-state index contributed by atoms with van der Waals surface area (Å²) < 4.78 is 10.2. The van der Waals surface area contributed by atoms with E-state index in [9.17, 15) is 9.59 Å². The smallest absolute Gasteiger partial charge is 0.291 e. The Balaban J connectivity index is 1.46. The average molecular weight is 385 g/mol. The highest BCUT2D eigenvalue weighted by Gasteiger charge is 2.11. The zero-order valence-corrected chi connectivity index (χ0v) is 15.8. The second-order valence-electron chi connectivity index (χ2n) is 5.85. The molecule has 2 amide bonds. The summed E-state index contributed by atoms with van der Waals surface area (Å²) >= 11 is 1.50. The molecule has 0 atom stereocenters. The molecular weight excluding hydrogens is 366 g/mol. The van der Waals surface area contributed by atoms with E-state index >= 15 is 0 Å². The summed E-state index contributed by atoms with van der Waals surface area (Å²) in [5.41, 5.74) is 3.16. The van der Waals surface area contributed by atoms with E-state index in [1.54, 1.807) is 36.4 Å². The third-order valence-electron chi connectivity index (χ3n) is 3.83. The number of nitrogens with one attached hydrogen (secondary N) is 2. The maximum Gasteiger partial charge on any atom is 0.291 e. The van der Waals surface area contributed by atoms with E-state index in [-0.39, 0.29) is 17.6 Å². The Kier molecular flexibility index (Phi) is 5.97. The Labute approximate surface area is 160 Å². The first-order valence-electron chi connectivity index (χ1n) is 8.27. The SMILES string of the molecule is Cc1noc(C)c1CSCC(=O)Nc1ccc(NC(=O)c2ccco2)cc1. The number of thioether (sulfide) groups is 1. The Morgan fingerprint density at radius 1 is 1.07 bits per heavy atom. The van der Waals surface area contributed by atoms with Crippen molar-refractivity contribution >= 4 is 35.0 Å². The van der Waals surface area contributed by atoms with E-state index in [1.165, 1.54) is 18.0 Å². The number of aryl methyl sites for hydroxylation is 2. The molecule has 2 N–H and O–H groups in total. The Hall–Kier alpha value is -3.00. The van der Waals surface area contributed by atoms with Gasteiger partial charge in [-0.3, -0.25) is 9.59 Å². The van der Waals surface area contributed by atoms with Crippen LogP contribution in [0.25, 0.3) is 0 Å². The van der Waals surface area contributed by atoms with Crippen molar-refractivity contribution in [3.8, 4) is 0 Å². The fourth-order valence-corrected chi connectivity index (χ4v) is 3.36. The molecule has 0 spiro atoms. The molecule has 0 aliphatic rings. The van der Waals surface area contributed by atoms with Gasteiger partial charge in [-0.15, -0.1) is 11.8 Å². The van der Waals surface area contributed by atoms with Crippen LogP contribution in [0.2, 0.25) is 0 Å². The van der Waals surface area contributed by atoms with Gasteiger partial charge in [0.25, 0.3) is 5.91 Å². The Morgan fingerprint density at radius 2 is 1.78 bits per heavy atom. The molecule has 27 heavy (non-hydrogen) atoms. The maximum absolute atomic E-state index is 12.1. The highest BCUT2D eigenvalue weighted by molar-refractivity contribution is 7.99. The van der Waals surface area contributed by atoms with Crippen LogP contribution in [0.5, 0.6) is 0 Å². The second kappa shape index (κ2) is 8.59. The van der Waals surface area contributed by atoms with Crippen molar-refractivity contribution in [1.82, 2.24) is 5.16 Å². The molecule has 3 rings (SSSR count). The molecular formula is C19H19N3O4S. The number of carbonyl (C=O) groups excluding carboxylic acids is 2. The van der Waals surface area contributed by atoms with Crippen LogP contribution in [0, 0.1) is 13.8 Å². The lowest BCUT2D eigenvalue weighted by molar-refractivity contribution is -0.113. The highest BCUT2D eigenvalue weighted by atomic mass is 32.2. The molecule has 0 aliphatic carbocycles. The lowest BCUT2D eigenvalue weighted by Crippen LogP contribution is -2.14.